The van der Waals surface area contributed by atoms with E-state index in [0.29, 0.717) is 12.6 Å². The highest BCUT2D eigenvalue weighted by atomic mass is 35.5. The van der Waals surface area contributed by atoms with Gasteiger partial charge in [0.2, 0.25) is 11.0 Å². The summed E-state index contributed by atoms with van der Waals surface area (Å²) in [5.74, 6) is 0.188. The molecule has 104 valence electrons. The Kier molecular flexibility index (Phi) is 4.49. The normalized spacial score (nSPS) is 19.6. The molecule has 1 aromatic rings. The molecule has 19 heavy (non-hydrogen) atoms. The standard InChI is InChI=1S/C11H16ClN5O2/c1-2-16-5-3-4-8(16)6-13-11-9(17(18)19)10(12)14-7-15-11/h7-8H,2-6H2,1H3,(H,13,14,15). The Balaban J connectivity index is 2.07. The van der Waals surface area contributed by atoms with Crippen LogP contribution in [0.5, 0.6) is 0 Å². The summed E-state index contributed by atoms with van der Waals surface area (Å²) in [6, 6.07) is 0.387. The van der Waals surface area contributed by atoms with Crippen molar-refractivity contribution >= 4 is 23.1 Å². The van der Waals surface area contributed by atoms with Crippen LogP contribution in [0.3, 0.4) is 0 Å². The smallest absolute Gasteiger partial charge is 0.348 e. The number of likely N-dealkylation sites (N-methyl/N-ethyl adjacent to an activating group) is 1. The van der Waals surface area contributed by atoms with E-state index < -0.39 is 4.92 Å². The lowest BCUT2D eigenvalue weighted by molar-refractivity contribution is -0.384. The number of likely N-dealkylation sites (tertiary alicyclic amines) is 1. The van der Waals surface area contributed by atoms with E-state index >= 15 is 0 Å². The third-order valence-electron chi connectivity index (χ3n) is 3.37. The molecule has 1 aliphatic rings. The first kappa shape index (κ1) is 14.0. The van der Waals surface area contributed by atoms with Crippen LogP contribution in [0.4, 0.5) is 11.5 Å². The summed E-state index contributed by atoms with van der Waals surface area (Å²) in [6.45, 7) is 4.80. The molecule has 0 amide bonds. The molecule has 0 radical (unpaired) electrons. The Morgan fingerprint density at radius 2 is 2.42 bits per heavy atom. The minimum atomic E-state index is -0.559. The lowest BCUT2D eigenvalue weighted by atomic mass is 10.2. The van der Waals surface area contributed by atoms with Gasteiger partial charge in [0.1, 0.15) is 6.33 Å². The Bertz CT molecular complexity index is 470. The van der Waals surface area contributed by atoms with Crippen molar-refractivity contribution in [3.05, 3.63) is 21.6 Å². The van der Waals surface area contributed by atoms with Crippen LogP contribution in [0.25, 0.3) is 0 Å². The second-order valence-corrected chi connectivity index (χ2v) is 4.78. The Hall–Kier alpha value is -1.47. The number of hydrogen-bond donors (Lipinski definition) is 1. The Morgan fingerprint density at radius 1 is 1.63 bits per heavy atom. The number of hydrogen-bond acceptors (Lipinski definition) is 6. The molecular weight excluding hydrogens is 270 g/mol. The van der Waals surface area contributed by atoms with Gasteiger partial charge in [-0.2, -0.15) is 0 Å². The molecule has 0 aliphatic carbocycles. The predicted molar refractivity (Wildman–Crippen MR) is 72.5 cm³/mol. The van der Waals surface area contributed by atoms with Crippen LogP contribution < -0.4 is 5.32 Å². The van der Waals surface area contributed by atoms with E-state index in [-0.39, 0.29) is 16.7 Å². The second-order valence-electron chi connectivity index (χ2n) is 4.42. The van der Waals surface area contributed by atoms with Gasteiger partial charge in [-0.3, -0.25) is 15.0 Å². The van der Waals surface area contributed by atoms with Crippen molar-refractivity contribution in [1.29, 1.82) is 0 Å². The summed E-state index contributed by atoms with van der Waals surface area (Å²) in [6.07, 6.45) is 3.48. The Labute approximate surface area is 116 Å². The maximum absolute atomic E-state index is 10.9. The summed E-state index contributed by atoms with van der Waals surface area (Å²) >= 11 is 5.73. The first-order chi connectivity index (χ1) is 9.13. The summed E-state index contributed by atoms with van der Waals surface area (Å²) in [5.41, 5.74) is -0.259. The summed E-state index contributed by atoms with van der Waals surface area (Å²) in [7, 11) is 0. The highest BCUT2D eigenvalue weighted by Crippen LogP contribution is 2.28. The molecule has 2 rings (SSSR count). The van der Waals surface area contributed by atoms with Crippen LogP contribution in [0.2, 0.25) is 5.15 Å². The monoisotopic (exact) mass is 285 g/mol. The van der Waals surface area contributed by atoms with Gasteiger partial charge in [-0.15, -0.1) is 0 Å². The highest BCUT2D eigenvalue weighted by Gasteiger charge is 2.25. The largest absolute Gasteiger partial charge is 0.363 e. The van der Waals surface area contributed by atoms with Gasteiger partial charge in [0.15, 0.2) is 0 Å². The van der Waals surface area contributed by atoms with Gasteiger partial charge < -0.3 is 5.32 Å². The van der Waals surface area contributed by atoms with Gasteiger partial charge in [-0.1, -0.05) is 18.5 Å². The van der Waals surface area contributed by atoms with Crippen LogP contribution in [-0.4, -0.2) is 45.5 Å². The Morgan fingerprint density at radius 3 is 3.11 bits per heavy atom. The van der Waals surface area contributed by atoms with Crippen molar-refractivity contribution < 1.29 is 4.92 Å². The number of nitrogens with one attached hydrogen (secondary N) is 1. The molecule has 2 heterocycles. The fraction of sp³-hybridized carbons (Fsp3) is 0.636. The van der Waals surface area contributed by atoms with Crippen molar-refractivity contribution in [2.45, 2.75) is 25.8 Å². The lowest BCUT2D eigenvalue weighted by Gasteiger charge is -2.22. The van der Waals surface area contributed by atoms with Crippen LogP contribution in [0.1, 0.15) is 19.8 Å². The number of nitro groups is 1. The van der Waals surface area contributed by atoms with Gasteiger partial charge in [-0.25, -0.2) is 9.97 Å². The molecule has 1 aliphatic heterocycles. The van der Waals surface area contributed by atoms with Gasteiger partial charge in [-0.05, 0) is 25.9 Å². The summed E-state index contributed by atoms with van der Waals surface area (Å²) in [4.78, 5) is 20.3. The first-order valence-electron chi connectivity index (χ1n) is 6.26. The van der Waals surface area contributed by atoms with Crippen LogP contribution >= 0.6 is 11.6 Å². The van der Waals surface area contributed by atoms with E-state index in [9.17, 15) is 10.1 Å². The van der Waals surface area contributed by atoms with Gasteiger partial charge in [0.25, 0.3) is 0 Å². The van der Waals surface area contributed by atoms with Crippen molar-refractivity contribution in [2.24, 2.45) is 0 Å². The molecule has 1 atom stereocenters. The molecule has 1 aromatic heterocycles. The van der Waals surface area contributed by atoms with Gasteiger partial charge >= 0.3 is 5.69 Å². The molecule has 8 heteroatoms. The fourth-order valence-corrected chi connectivity index (χ4v) is 2.61. The van der Waals surface area contributed by atoms with Crippen molar-refractivity contribution in [2.75, 3.05) is 25.0 Å². The SMILES string of the molecule is CCN1CCCC1CNc1ncnc(Cl)c1[N+](=O)[O-]. The minimum Gasteiger partial charge on any atom is -0.363 e. The summed E-state index contributed by atoms with van der Waals surface area (Å²) < 4.78 is 0. The zero-order valence-corrected chi connectivity index (χ0v) is 11.4. The fourth-order valence-electron chi connectivity index (χ4n) is 2.41. The third-order valence-corrected chi connectivity index (χ3v) is 3.65. The van der Waals surface area contributed by atoms with Gasteiger partial charge in [0.05, 0.1) is 4.92 Å². The number of rotatable bonds is 5. The average molecular weight is 286 g/mol. The molecule has 0 spiro atoms. The molecule has 7 nitrogen and oxygen atoms in total. The lowest BCUT2D eigenvalue weighted by Crippen LogP contribution is -2.34. The van der Waals surface area contributed by atoms with Gasteiger partial charge in [0, 0.05) is 12.6 Å². The number of anilines is 1. The molecule has 0 bridgehead atoms. The van der Waals surface area contributed by atoms with E-state index in [0.717, 1.165) is 25.9 Å². The van der Waals surface area contributed by atoms with E-state index in [1.165, 1.54) is 6.33 Å². The van der Waals surface area contributed by atoms with E-state index in [1.54, 1.807) is 0 Å². The molecule has 1 N–H and O–H groups in total. The van der Waals surface area contributed by atoms with Crippen molar-refractivity contribution in [3.63, 3.8) is 0 Å². The highest BCUT2D eigenvalue weighted by molar-refractivity contribution is 6.31. The topological polar surface area (TPSA) is 84.2 Å². The zero-order valence-electron chi connectivity index (χ0n) is 10.7. The molecule has 1 saturated heterocycles. The zero-order chi connectivity index (χ0) is 13.8. The maximum Gasteiger partial charge on any atom is 0.348 e. The third kappa shape index (κ3) is 3.10. The quantitative estimate of drug-likeness (QED) is 0.505. The first-order valence-corrected chi connectivity index (χ1v) is 6.64. The molecule has 1 unspecified atom stereocenters. The minimum absolute atomic E-state index is 0.138. The van der Waals surface area contributed by atoms with Crippen LogP contribution in [-0.2, 0) is 0 Å². The number of aromatic nitrogens is 2. The van der Waals surface area contributed by atoms with E-state index in [1.807, 2.05) is 0 Å². The molecule has 0 aromatic carbocycles. The predicted octanol–water partition coefficient (Wildman–Crippen LogP) is 1.93. The molecule has 1 fully saturated rings. The number of nitrogens with zero attached hydrogens (tertiary/aromatic N) is 4. The molecular formula is C11H16ClN5O2. The van der Waals surface area contributed by atoms with Crippen molar-refractivity contribution in [1.82, 2.24) is 14.9 Å². The van der Waals surface area contributed by atoms with Crippen LogP contribution in [0, 0.1) is 10.1 Å². The summed E-state index contributed by atoms with van der Waals surface area (Å²) in [5, 5.41) is 13.8. The van der Waals surface area contributed by atoms with E-state index in [2.05, 4.69) is 27.1 Å². The average Bonchev–Trinajstić information content (AvgIpc) is 2.83. The van der Waals surface area contributed by atoms with E-state index in [4.69, 9.17) is 11.6 Å². The number of halogens is 1. The molecule has 0 saturated carbocycles. The maximum atomic E-state index is 10.9. The van der Waals surface area contributed by atoms with Crippen LogP contribution in [0.15, 0.2) is 6.33 Å². The second kappa shape index (κ2) is 6.12. The van der Waals surface area contributed by atoms with Crippen molar-refractivity contribution in [3.8, 4) is 0 Å².